The second kappa shape index (κ2) is 6.51. The average Bonchev–Trinajstić information content (AvgIpc) is 2.10. The molecule has 6 heteroatoms. The van der Waals surface area contributed by atoms with Crippen LogP contribution in [0.2, 0.25) is 0 Å². The molecule has 0 aliphatic carbocycles. The molecule has 0 saturated carbocycles. The quantitative estimate of drug-likeness (QED) is 0.681. The molecule has 0 fully saturated rings. The van der Waals surface area contributed by atoms with Gasteiger partial charge in [0.05, 0.1) is 16.8 Å². The highest BCUT2D eigenvalue weighted by atomic mass is 32.2. The fraction of sp³-hybridized carbons (Fsp3) is 0.900. The third-order valence-electron chi connectivity index (χ3n) is 2.24. The number of hydrogen-bond donors (Lipinski definition) is 2. The smallest absolute Gasteiger partial charge is 0.212 e. The predicted molar refractivity (Wildman–Crippen MR) is 71.8 cm³/mol. The first-order valence-electron chi connectivity index (χ1n) is 5.45. The first-order valence-corrected chi connectivity index (χ1v) is 7.51. The van der Waals surface area contributed by atoms with Crippen LogP contribution in [0.25, 0.3) is 0 Å². The molecule has 0 rings (SSSR count). The number of thiocarbonyl (C=S) groups is 1. The number of nitrogens with one attached hydrogen (secondary N) is 1. The van der Waals surface area contributed by atoms with Crippen LogP contribution in [0.4, 0.5) is 0 Å². The van der Waals surface area contributed by atoms with Gasteiger partial charge in [-0.15, -0.1) is 0 Å². The maximum Gasteiger partial charge on any atom is 0.212 e. The van der Waals surface area contributed by atoms with E-state index < -0.39 is 16.1 Å². The van der Waals surface area contributed by atoms with E-state index in [1.54, 1.807) is 0 Å². The lowest BCUT2D eigenvalue weighted by molar-refractivity contribution is 0.519. The molecule has 0 aromatic carbocycles. The molecule has 0 heterocycles. The first-order chi connectivity index (χ1) is 7.15. The van der Waals surface area contributed by atoms with E-state index in [2.05, 4.69) is 4.72 Å². The van der Waals surface area contributed by atoms with Gasteiger partial charge < -0.3 is 5.73 Å². The summed E-state index contributed by atoms with van der Waals surface area (Å²) in [6.07, 6.45) is 0.636. The number of nitrogens with two attached hydrogens (primary N) is 1. The van der Waals surface area contributed by atoms with E-state index in [0.29, 0.717) is 12.3 Å². The van der Waals surface area contributed by atoms with Crippen molar-refractivity contribution in [2.24, 2.45) is 17.6 Å². The zero-order chi connectivity index (χ0) is 12.9. The maximum atomic E-state index is 11.7. The summed E-state index contributed by atoms with van der Waals surface area (Å²) in [5.41, 5.74) is 5.51. The van der Waals surface area contributed by atoms with Crippen molar-refractivity contribution in [3.05, 3.63) is 0 Å². The summed E-state index contributed by atoms with van der Waals surface area (Å²) in [5.74, 6) is 0.543. The predicted octanol–water partition coefficient (Wildman–Crippen LogP) is 1.26. The molecule has 3 N–H and O–H groups in total. The van der Waals surface area contributed by atoms with Gasteiger partial charge in [-0.1, -0.05) is 39.9 Å². The molecule has 0 aromatic rings. The second-order valence-electron chi connectivity index (χ2n) is 4.74. The van der Waals surface area contributed by atoms with Crippen LogP contribution >= 0.6 is 12.2 Å². The fourth-order valence-corrected chi connectivity index (χ4v) is 3.26. The Balaban J connectivity index is 4.49. The van der Waals surface area contributed by atoms with E-state index in [0.717, 1.165) is 0 Å². The summed E-state index contributed by atoms with van der Waals surface area (Å²) >= 11 is 4.85. The van der Waals surface area contributed by atoms with Crippen LogP contribution in [-0.2, 0) is 10.0 Å². The van der Waals surface area contributed by atoms with E-state index >= 15 is 0 Å². The molecule has 0 aliphatic heterocycles. The highest BCUT2D eigenvalue weighted by molar-refractivity contribution is 7.89. The van der Waals surface area contributed by atoms with E-state index in [9.17, 15) is 8.42 Å². The third-order valence-corrected chi connectivity index (χ3v) is 3.88. The topological polar surface area (TPSA) is 72.2 Å². The zero-order valence-electron chi connectivity index (χ0n) is 10.4. The molecule has 0 aromatic heterocycles. The fourth-order valence-electron chi connectivity index (χ4n) is 1.17. The summed E-state index contributed by atoms with van der Waals surface area (Å²) in [6.45, 7) is 7.75. The molecular weight excluding hydrogens is 244 g/mol. The van der Waals surface area contributed by atoms with Gasteiger partial charge in [-0.2, -0.15) is 0 Å². The largest absolute Gasteiger partial charge is 0.392 e. The zero-order valence-corrected chi connectivity index (χ0v) is 12.0. The monoisotopic (exact) mass is 266 g/mol. The van der Waals surface area contributed by atoms with E-state index in [4.69, 9.17) is 18.0 Å². The van der Waals surface area contributed by atoms with Gasteiger partial charge in [-0.05, 0) is 18.3 Å². The lowest BCUT2D eigenvalue weighted by Gasteiger charge is -2.21. The van der Waals surface area contributed by atoms with Gasteiger partial charge in [-0.3, -0.25) is 0 Å². The van der Waals surface area contributed by atoms with Crippen LogP contribution in [0.1, 0.15) is 34.1 Å². The van der Waals surface area contributed by atoms with Gasteiger partial charge in [0.2, 0.25) is 10.0 Å². The number of rotatable bonds is 7. The molecule has 1 unspecified atom stereocenters. The van der Waals surface area contributed by atoms with Crippen molar-refractivity contribution in [3.8, 4) is 0 Å². The average molecular weight is 266 g/mol. The lowest BCUT2D eigenvalue weighted by Crippen LogP contribution is -2.47. The molecule has 0 radical (unpaired) electrons. The maximum absolute atomic E-state index is 11.7. The van der Waals surface area contributed by atoms with Crippen LogP contribution < -0.4 is 10.5 Å². The van der Waals surface area contributed by atoms with E-state index in [-0.39, 0.29) is 16.7 Å². The van der Waals surface area contributed by atoms with Crippen molar-refractivity contribution >= 4 is 27.2 Å². The normalized spacial score (nSPS) is 14.4. The van der Waals surface area contributed by atoms with Gasteiger partial charge in [-0.25, -0.2) is 13.1 Å². The number of sulfonamides is 1. The van der Waals surface area contributed by atoms with Gasteiger partial charge >= 0.3 is 0 Å². The Hall–Kier alpha value is -0.200. The Morgan fingerprint density at radius 1 is 1.31 bits per heavy atom. The van der Waals surface area contributed by atoms with Crippen LogP contribution in [0.15, 0.2) is 0 Å². The van der Waals surface area contributed by atoms with Gasteiger partial charge in [0, 0.05) is 0 Å². The van der Waals surface area contributed by atoms with Crippen molar-refractivity contribution in [3.63, 3.8) is 0 Å². The van der Waals surface area contributed by atoms with Crippen molar-refractivity contribution in [1.82, 2.24) is 4.72 Å². The molecule has 96 valence electrons. The molecular formula is C10H22N2O2S2. The second-order valence-corrected chi connectivity index (χ2v) is 7.09. The molecule has 16 heavy (non-hydrogen) atoms. The summed E-state index contributed by atoms with van der Waals surface area (Å²) in [4.78, 5) is 0.197. The summed E-state index contributed by atoms with van der Waals surface area (Å²) in [5, 5.41) is 0. The Kier molecular flexibility index (Phi) is 6.43. The first kappa shape index (κ1) is 15.8. The minimum Gasteiger partial charge on any atom is -0.392 e. The van der Waals surface area contributed by atoms with Gasteiger partial charge in [0.15, 0.2) is 0 Å². The van der Waals surface area contributed by atoms with Crippen molar-refractivity contribution in [2.45, 2.75) is 40.2 Å². The Morgan fingerprint density at radius 3 is 2.12 bits per heavy atom. The highest BCUT2D eigenvalue weighted by Crippen LogP contribution is 2.07. The van der Waals surface area contributed by atoms with Crippen LogP contribution in [0.5, 0.6) is 0 Å². The summed E-state index contributed by atoms with van der Waals surface area (Å²) in [7, 11) is -3.28. The molecule has 1 atom stereocenters. The minimum absolute atomic E-state index is 0.0614. The van der Waals surface area contributed by atoms with E-state index in [1.807, 2.05) is 27.7 Å². The molecule has 4 nitrogen and oxygen atoms in total. The van der Waals surface area contributed by atoms with Crippen molar-refractivity contribution in [1.29, 1.82) is 0 Å². The minimum atomic E-state index is -3.28. The van der Waals surface area contributed by atoms with Crippen molar-refractivity contribution in [2.75, 3.05) is 5.75 Å². The van der Waals surface area contributed by atoms with Crippen LogP contribution in [0.3, 0.4) is 0 Å². The molecule has 0 aliphatic rings. The highest BCUT2D eigenvalue weighted by Gasteiger charge is 2.22. The van der Waals surface area contributed by atoms with E-state index in [1.165, 1.54) is 0 Å². The lowest BCUT2D eigenvalue weighted by atomic mass is 10.1. The molecule has 0 amide bonds. The van der Waals surface area contributed by atoms with Gasteiger partial charge in [0.25, 0.3) is 0 Å². The molecule has 0 bridgehead atoms. The van der Waals surface area contributed by atoms with Gasteiger partial charge in [0.1, 0.15) is 0 Å². The summed E-state index contributed by atoms with van der Waals surface area (Å²) < 4.78 is 26.0. The Morgan fingerprint density at radius 2 is 1.81 bits per heavy atom. The molecule has 0 saturated heterocycles. The Labute approximate surface area is 104 Å². The summed E-state index contributed by atoms with van der Waals surface area (Å²) in [6, 6.07) is -0.452. The van der Waals surface area contributed by atoms with Crippen LogP contribution in [0, 0.1) is 11.8 Å². The van der Waals surface area contributed by atoms with Crippen molar-refractivity contribution < 1.29 is 8.42 Å². The SMILES string of the molecule is CC(C)CCS(=O)(=O)NC(C(N)=S)C(C)C. The third kappa shape index (κ3) is 6.40. The Bertz CT molecular complexity index is 324. The van der Waals surface area contributed by atoms with Crippen LogP contribution in [-0.4, -0.2) is 25.2 Å². The standard InChI is InChI=1S/C10H22N2O2S2/c1-7(2)5-6-16(13,14)12-9(8(3)4)10(11)15/h7-9,12H,5-6H2,1-4H3,(H2,11,15). The molecule has 0 spiro atoms. The number of hydrogen-bond acceptors (Lipinski definition) is 3.